The first-order valence-electron chi connectivity index (χ1n) is 2.35. The topological polar surface area (TPSA) is 12.0 Å². The third kappa shape index (κ3) is 3.08. The summed E-state index contributed by atoms with van der Waals surface area (Å²) in [6.45, 7) is 1.36. The summed E-state index contributed by atoms with van der Waals surface area (Å²) < 4.78 is 14.2. The molecular weight excluding hydrogens is 125 g/mol. The molecule has 0 saturated heterocycles. The molecule has 0 aliphatic carbocycles. The first-order chi connectivity index (χ1) is 3.62. The summed E-state index contributed by atoms with van der Waals surface area (Å²) in [7, 11) is -1.04. The van der Waals surface area contributed by atoms with Gasteiger partial charge >= 0.3 is 0 Å². The molecule has 0 aliphatic rings. The van der Waals surface area contributed by atoms with Crippen LogP contribution in [0.4, 0.5) is 4.39 Å². The van der Waals surface area contributed by atoms with Crippen molar-refractivity contribution in [3.63, 3.8) is 0 Å². The molecule has 0 fully saturated rings. The quantitative estimate of drug-likeness (QED) is 0.539. The SMILES string of the molecule is CC#S(C)(C)NCF. The van der Waals surface area contributed by atoms with Gasteiger partial charge in [-0.2, -0.15) is 0 Å². The highest BCUT2D eigenvalue weighted by Gasteiger charge is 1.89. The van der Waals surface area contributed by atoms with E-state index in [0.717, 1.165) is 0 Å². The van der Waals surface area contributed by atoms with Crippen molar-refractivity contribution in [2.24, 2.45) is 0 Å². The Morgan fingerprint density at radius 2 is 2.12 bits per heavy atom. The summed E-state index contributed by atoms with van der Waals surface area (Å²) in [5.74, 6) is 0. The largest absolute Gasteiger partial charge is 0.244 e. The minimum absolute atomic E-state index is 0.455. The molecule has 1 nitrogen and oxygen atoms in total. The van der Waals surface area contributed by atoms with Crippen LogP contribution in [0.3, 0.4) is 0 Å². The fourth-order valence-electron chi connectivity index (χ4n) is 0.209. The zero-order chi connectivity index (χ0) is 6.62. The molecule has 0 aromatic rings. The van der Waals surface area contributed by atoms with Crippen LogP contribution in [0.1, 0.15) is 6.92 Å². The maximum atomic E-state index is 11.5. The molecule has 0 unspecified atom stereocenters. The van der Waals surface area contributed by atoms with E-state index < -0.39 is 16.4 Å². The molecule has 0 rings (SSSR count). The number of halogens is 1. The van der Waals surface area contributed by atoms with Crippen molar-refractivity contribution in [3.8, 4) is 5.18 Å². The minimum Gasteiger partial charge on any atom is -0.244 e. The fraction of sp³-hybridized carbons (Fsp3) is 0.800. The smallest absolute Gasteiger partial charge is 0.148 e. The van der Waals surface area contributed by atoms with Crippen LogP contribution in [-0.2, 0) is 0 Å². The zero-order valence-corrected chi connectivity index (χ0v) is 6.31. The number of hydrogen-bond donors (Lipinski definition) is 1. The maximum absolute atomic E-state index is 11.5. The van der Waals surface area contributed by atoms with E-state index in [1.807, 2.05) is 19.4 Å². The molecule has 0 radical (unpaired) electrons. The Balaban J connectivity index is 3.89. The fourth-order valence-corrected chi connectivity index (χ4v) is 0.626. The van der Waals surface area contributed by atoms with E-state index in [2.05, 4.69) is 9.91 Å². The van der Waals surface area contributed by atoms with Crippen molar-refractivity contribution in [2.75, 3.05) is 19.3 Å². The van der Waals surface area contributed by atoms with Crippen LogP contribution in [-0.4, -0.2) is 19.3 Å². The van der Waals surface area contributed by atoms with E-state index in [0.29, 0.717) is 0 Å². The summed E-state index contributed by atoms with van der Waals surface area (Å²) in [5.41, 5.74) is 0. The van der Waals surface area contributed by atoms with Gasteiger partial charge in [0.2, 0.25) is 0 Å². The van der Waals surface area contributed by atoms with E-state index in [4.69, 9.17) is 0 Å². The van der Waals surface area contributed by atoms with Gasteiger partial charge < -0.3 is 0 Å². The molecule has 50 valence electrons. The highest BCUT2D eigenvalue weighted by atomic mass is 32.2. The molecule has 3 heteroatoms. The summed E-state index contributed by atoms with van der Waals surface area (Å²) in [5, 5.41) is 2.97. The molecule has 0 heterocycles. The van der Waals surface area contributed by atoms with Crippen LogP contribution in [0.15, 0.2) is 0 Å². The Hall–Kier alpha value is 0.0200. The van der Waals surface area contributed by atoms with Crippen molar-refractivity contribution >= 4 is 9.62 Å². The van der Waals surface area contributed by atoms with Crippen LogP contribution in [0, 0.1) is 5.18 Å². The lowest BCUT2D eigenvalue weighted by atomic mass is 11.0. The molecule has 0 aromatic carbocycles. The Morgan fingerprint density at radius 1 is 1.62 bits per heavy atom. The molecule has 0 aliphatic heterocycles. The van der Waals surface area contributed by atoms with Crippen LogP contribution in [0.25, 0.3) is 0 Å². The monoisotopic (exact) mass is 137 g/mol. The van der Waals surface area contributed by atoms with Crippen molar-refractivity contribution in [1.29, 1.82) is 0 Å². The lowest BCUT2D eigenvalue weighted by Gasteiger charge is -2.10. The number of nitrogens with one attached hydrogen (secondary N) is 1. The van der Waals surface area contributed by atoms with Crippen molar-refractivity contribution < 1.29 is 4.39 Å². The normalized spacial score (nSPS) is 11.0. The number of hydrogen-bond acceptors (Lipinski definition) is 1. The van der Waals surface area contributed by atoms with Gasteiger partial charge in [-0.15, -0.1) is 14.8 Å². The highest BCUT2D eigenvalue weighted by Crippen LogP contribution is 2.14. The standard InChI is InChI=1S/C5H12FNS/c1-4-8(2,3)7-5-6/h7H,5H2,1-3H3. The molecule has 0 aromatic heterocycles. The van der Waals surface area contributed by atoms with Gasteiger partial charge in [-0.3, -0.25) is 0 Å². The van der Waals surface area contributed by atoms with Crippen molar-refractivity contribution in [2.45, 2.75) is 6.92 Å². The van der Waals surface area contributed by atoms with E-state index in [1.54, 1.807) is 0 Å². The Bertz CT molecular complexity index is 153. The second-order valence-corrected chi connectivity index (χ2v) is 5.16. The van der Waals surface area contributed by atoms with Gasteiger partial charge in [0.15, 0.2) is 0 Å². The van der Waals surface area contributed by atoms with E-state index in [9.17, 15) is 4.39 Å². The third-order valence-corrected chi connectivity index (χ3v) is 2.78. The summed E-state index contributed by atoms with van der Waals surface area (Å²) in [4.78, 5) is 0. The van der Waals surface area contributed by atoms with E-state index >= 15 is 0 Å². The predicted octanol–water partition coefficient (Wildman–Crippen LogP) is 1.46. The molecule has 0 saturated carbocycles. The molecule has 8 heavy (non-hydrogen) atoms. The minimum atomic E-state index is -1.04. The average molecular weight is 137 g/mol. The Labute approximate surface area is 50.9 Å². The second kappa shape index (κ2) is 3.13. The molecular formula is C5H12FNS. The van der Waals surface area contributed by atoms with Gasteiger partial charge in [0.05, 0.1) is 0 Å². The molecule has 0 atom stereocenters. The summed E-state index contributed by atoms with van der Waals surface area (Å²) >= 11 is 0. The summed E-state index contributed by atoms with van der Waals surface area (Å²) in [6, 6.07) is 0. The van der Waals surface area contributed by atoms with Crippen LogP contribution in [0.2, 0.25) is 0 Å². The lowest BCUT2D eigenvalue weighted by Crippen LogP contribution is -2.08. The van der Waals surface area contributed by atoms with Crippen molar-refractivity contribution in [3.05, 3.63) is 0 Å². The van der Waals surface area contributed by atoms with Gasteiger partial charge in [-0.25, -0.2) is 9.11 Å². The van der Waals surface area contributed by atoms with Gasteiger partial charge in [0.1, 0.15) is 6.80 Å². The van der Waals surface area contributed by atoms with Gasteiger partial charge in [0, 0.05) is 0 Å². The van der Waals surface area contributed by atoms with E-state index in [-0.39, 0.29) is 0 Å². The number of alkyl halides is 1. The molecule has 0 amide bonds. The van der Waals surface area contributed by atoms with Gasteiger partial charge in [-0.1, -0.05) is 0 Å². The molecule has 1 N–H and O–H groups in total. The Kier molecular flexibility index (Phi) is 3.13. The average Bonchev–Trinajstić information content (AvgIpc) is 1.67. The summed E-state index contributed by atoms with van der Waals surface area (Å²) in [6.07, 6.45) is 3.90. The first-order valence-corrected chi connectivity index (χ1v) is 4.80. The maximum Gasteiger partial charge on any atom is 0.148 e. The lowest BCUT2D eigenvalue weighted by molar-refractivity contribution is 0.487. The predicted molar refractivity (Wildman–Crippen MR) is 38.1 cm³/mol. The van der Waals surface area contributed by atoms with Crippen LogP contribution >= 0.6 is 9.62 Å². The second-order valence-electron chi connectivity index (χ2n) is 1.81. The first kappa shape index (κ1) is 8.02. The third-order valence-electron chi connectivity index (χ3n) is 0.926. The zero-order valence-electron chi connectivity index (χ0n) is 5.49. The number of rotatable bonds is 1. The van der Waals surface area contributed by atoms with Crippen LogP contribution in [0.5, 0.6) is 0 Å². The Morgan fingerprint density at radius 3 is 2.25 bits per heavy atom. The van der Waals surface area contributed by atoms with Crippen LogP contribution < -0.4 is 4.72 Å². The van der Waals surface area contributed by atoms with Gasteiger partial charge in [0.25, 0.3) is 0 Å². The van der Waals surface area contributed by atoms with E-state index in [1.165, 1.54) is 0 Å². The molecule has 0 bridgehead atoms. The highest BCUT2D eigenvalue weighted by molar-refractivity contribution is 8.21. The molecule has 0 spiro atoms. The van der Waals surface area contributed by atoms with Gasteiger partial charge in [-0.05, 0) is 19.4 Å². The van der Waals surface area contributed by atoms with Crippen molar-refractivity contribution in [1.82, 2.24) is 4.72 Å².